The first-order chi connectivity index (χ1) is 31.3. The van der Waals surface area contributed by atoms with Crippen LogP contribution in [0.25, 0.3) is 0 Å². The van der Waals surface area contributed by atoms with Crippen LogP contribution in [0.3, 0.4) is 0 Å². The van der Waals surface area contributed by atoms with Gasteiger partial charge in [-0.05, 0) is 73.5 Å². The van der Waals surface area contributed by atoms with Crippen LogP contribution in [0.15, 0.2) is 182 Å². The van der Waals surface area contributed by atoms with Crippen LogP contribution in [-0.2, 0) is 57.0 Å². The quantitative estimate of drug-likeness (QED) is 0.0330. The molecule has 0 saturated heterocycles. The predicted molar refractivity (Wildman–Crippen MR) is 274 cm³/mol. The summed E-state index contributed by atoms with van der Waals surface area (Å²) in [6.45, 7) is 5.22. The van der Waals surface area contributed by atoms with Crippen molar-refractivity contribution in [3.63, 3.8) is 0 Å². The first-order valence-corrected chi connectivity index (χ1v) is 27.5. The molecule has 5 N–H and O–H groups in total. The van der Waals surface area contributed by atoms with Crippen molar-refractivity contribution in [2.75, 3.05) is 42.1 Å². The summed E-state index contributed by atoms with van der Waals surface area (Å²) in [5, 5.41) is 8.56. The van der Waals surface area contributed by atoms with E-state index in [4.69, 9.17) is 10.9 Å². The lowest BCUT2D eigenvalue weighted by Crippen LogP contribution is -2.38. The Morgan fingerprint density at radius 3 is 1.15 bits per heavy atom. The maximum atomic E-state index is 12.5. The second kappa shape index (κ2) is 30.4. The highest BCUT2D eigenvalue weighted by atomic mass is 35.7. The standard InChI is InChI=1S/C15H16N2O4S.C15H17NO2S.C8H11NO2S.C6H7N.C2H5ClO2S.CH4/c18-15(16-19)12-22(20,21)17(14-9-5-2-6-10-14)11-13-7-3-1-4-8-13;1-2-19(17,18)16(15-11-7-4-8-12-15)13-14-9-5-3-6-10-14;1-2-12(10,11)9-8-6-4-3-5-7-8;7-6-4-2-1-3-5-6;1-2-6(3,4)5;/h1-10,19H,11-12H2,(H,16,18);3-12H,2,13H2,1H3;3-7,9H,2H2,1H3;1-5H,7H2;2H2,1H3;1H4. The second-order valence-corrected chi connectivity index (χ2v) is 22.6. The number of nitrogen functional groups attached to an aromatic ring is 1. The molecule has 0 aliphatic rings. The first kappa shape index (κ1) is 59.1. The fraction of sp³-hybridized carbons (Fsp3) is 0.213. The van der Waals surface area contributed by atoms with E-state index in [-0.39, 0.29) is 31.2 Å². The number of anilines is 4. The number of rotatable bonds is 15. The Morgan fingerprint density at radius 1 is 0.522 bits per heavy atom. The van der Waals surface area contributed by atoms with Crippen LogP contribution >= 0.6 is 10.7 Å². The average Bonchev–Trinajstić information content (AvgIpc) is 3.32. The highest BCUT2D eigenvalue weighted by Crippen LogP contribution is 2.22. The number of nitrogens with zero attached hydrogens (tertiary/aromatic N) is 2. The summed E-state index contributed by atoms with van der Waals surface area (Å²) >= 11 is 0. The number of nitrogens with two attached hydrogens (primary N) is 1. The van der Waals surface area contributed by atoms with Crippen LogP contribution < -0.4 is 24.5 Å². The van der Waals surface area contributed by atoms with Gasteiger partial charge in [0.2, 0.25) is 39.1 Å². The molecule has 0 fully saturated rings. The van der Waals surface area contributed by atoms with Crippen molar-refractivity contribution in [2.45, 2.75) is 41.3 Å². The molecule has 6 aromatic carbocycles. The fourth-order valence-corrected chi connectivity index (χ4v) is 8.11. The number of halogens is 1. The summed E-state index contributed by atoms with van der Waals surface area (Å²) in [5.74, 6) is -1.61. The van der Waals surface area contributed by atoms with Gasteiger partial charge in [0.1, 0.15) is 0 Å². The van der Waals surface area contributed by atoms with E-state index >= 15 is 0 Å². The van der Waals surface area contributed by atoms with Crippen LogP contribution in [0, 0.1) is 0 Å². The average molecular weight is 1020 g/mol. The molecule has 15 nitrogen and oxygen atoms in total. The molecule has 0 aromatic heterocycles. The molecule has 0 unspecified atom stereocenters. The van der Waals surface area contributed by atoms with Gasteiger partial charge in [0.05, 0.1) is 41.7 Å². The minimum atomic E-state index is -3.92. The number of hydroxylamine groups is 1. The normalized spacial score (nSPS) is 10.7. The fourth-order valence-electron chi connectivity index (χ4n) is 5.03. The van der Waals surface area contributed by atoms with Gasteiger partial charge in [-0.25, -0.2) is 39.2 Å². The van der Waals surface area contributed by atoms with E-state index < -0.39 is 50.8 Å². The van der Waals surface area contributed by atoms with Crippen molar-refractivity contribution in [1.29, 1.82) is 0 Å². The third-order valence-electron chi connectivity index (χ3n) is 8.47. The number of carbonyl (C=O) groups is 1. The van der Waals surface area contributed by atoms with Crippen molar-refractivity contribution in [3.8, 4) is 0 Å². The summed E-state index contributed by atoms with van der Waals surface area (Å²) < 4.78 is 96.1. The van der Waals surface area contributed by atoms with Crippen LogP contribution in [0.4, 0.5) is 22.7 Å². The Hall–Kier alpha value is -5.96. The van der Waals surface area contributed by atoms with Gasteiger partial charge in [0.25, 0.3) is 5.91 Å². The lowest BCUT2D eigenvalue weighted by Gasteiger charge is -2.24. The molecule has 0 aliphatic heterocycles. The summed E-state index contributed by atoms with van der Waals surface area (Å²) in [4.78, 5) is 11.2. The van der Waals surface area contributed by atoms with Crippen molar-refractivity contribution in [2.24, 2.45) is 0 Å². The number of sulfonamides is 3. The molecule has 0 saturated carbocycles. The smallest absolute Gasteiger partial charge is 0.260 e. The van der Waals surface area contributed by atoms with Crippen molar-refractivity contribution in [1.82, 2.24) is 5.48 Å². The zero-order valence-corrected chi connectivity index (χ0v) is 40.7. The van der Waals surface area contributed by atoms with E-state index in [0.717, 1.165) is 21.1 Å². The van der Waals surface area contributed by atoms with Gasteiger partial charge in [-0.3, -0.25) is 23.3 Å². The summed E-state index contributed by atoms with van der Waals surface area (Å²) in [7, 11) is -8.82. The summed E-state index contributed by atoms with van der Waals surface area (Å²) in [5.41, 5.74) is 11.1. The maximum absolute atomic E-state index is 12.5. The SMILES string of the molecule is C.CCS(=O)(=O)Cl.CCS(=O)(=O)N(Cc1ccccc1)c1ccccc1.CCS(=O)(=O)Nc1ccccc1.Nc1ccccc1.O=C(CS(=O)(=O)N(Cc1ccccc1)c1ccccc1)NO. The number of amides is 1. The van der Waals surface area contributed by atoms with E-state index in [1.165, 1.54) is 16.7 Å². The number of nitrogens with one attached hydrogen (secondary N) is 2. The third-order valence-corrected chi connectivity index (χ3v) is 14.5. The number of para-hydroxylation sites is 4. The van der Waals surface area contributed by atoms with E-state index in [1.54, 1.807) is 80.6 Å². The molecule has 0 bridgehead atoms. The van der Waals surface area contributed by atoms with E-state index in [9.17, 15) is 38.5 Å². The van der Waals surface area contributed by atoms with Gasteiger partial charge in [-0.15, -0.1) is 0 Å². The molecule has 0 aliphatic carbocycles. The van der Waals surface area contributed by atoms with Crippen LogP contribution in [0.1, 0.15) is 39.3 Å². The maximum Gasteiger partial charge on any atom is 0.260 e. The van der Waals surface area contributed by atoms with Gasteiger partial charge >= 0.3 is 0 Å². The molecular weight excluding hydrogens is 958 g/mol. The monoisotopic (exact) mass is 1020 g/mol. The largest absolute Gasteiger partial charge is 0.399 e. The van der Waals surface area contributed by atoms with Crippen LogP contribution in [0.2, 0.25) is 0 Å². The molecular formula is C47H60ClN5O10S4. The van der Waals surface area contributed by atoms with Crippen LogP contribution in [0.5, 0.6) is 0 Å². The van der Waals surface area contributed by atoms with E-state index in [2.05, 4.69) is 15.4 Å². The Bertz CT molecular complexity index is 2730. The van der Waals surface area contributed by atoms with Crippen molar-refractivity contribution < 1.29 is 43.7 Å². The summed E-state index contributed by atoms with van der Waals surface area (Å²) in [6, 6.07) is 54.7. The molecule has 364 valence electrons. The topological polar surface area (TPSA) is 230 Å². The molecule has 0 spiro atoms. The number of benzene rings is 6. The van der Waals surface area contributed by atoms with E-state index in [1.807, 2.05) is 115 Å². The lowest BCUT2D eigenvalue weighted by atomic mass is 10.2. The predicted octanol–water partition coefficient (Wildman–Crippen LogP) is 8.50. The molecule has 0 heterocycles. The summed E-state index contributed by atoms with van der Waals surface area (Å²) in [6.07, 6.45) is 0. The van der Waals surface area contributed by atoms with Crippen LogP contribution in [-0.4, -0.2) is 67.8 Å². The third kappa shape index (κ3) is 24.4. The molecule has 0 radical (unpaired) electrons. The molecule has 0 atom stereocenters. The lowest BCUT2D eigenvalue weighted by molar-refractivity contribution is -0.126. The van der Waals surface area contributed by atoms with Gasteiger partial charge < -0.3 is 5.73 Å². The van der Waals surface area contributed by atoms with Gasteiger partial charge in [-0.1, -0.05) is 148 Å². The molecule has 67 heavy (non-hydrogen) atoms. The van der Waals surface area contributed by atoms with Crippen molar-refractivity contribution >= 4 is 78.5 Å². The zero-order valence-electron chi connectivity index (χ0n) is 36.7. The van der Waals surface area contributed by atoms with E-state index in [0.29, 0.717) is 23.6 Å². The highest BCUT2D eigenvalue weighted by molar-refractivity contribution is 8.13. The van der Waals surface area contributed by atoms with Gasteiger partial charge in [0.15, 0.2) is 5.75 Å². The minimum absolute atomic E-state index is 0. The number of carbonyl (C=O) groups excluding carboxylic acids is 1. The highest BCUT2D eigenvalue weighted by Gasteiger charge is 2.26. The molecule has 6 rings (SSSR count). The zero-order chi connectivity index (χ0) is 49.1. The second-order valence-electron chi connectivity index (χ2n) is 13.5. The molecule has 1 amide bonds. The molecule has 6 aromatic rings. The minimum Gasteiger partial charge on any atom is -0.399 e. The Labute approximate surface area is 401 Å². The Kier molecular flexibility index (Phi) is 26.8. The van der Waals surface area contributed by atoms with Gasteiger partial charge in [0, 0.05) is 22.1 Å². The van der Waals surface area contributed by atoms with Crippen molar-refractivity contribution in [3.05, 3.63) is 193 Å². The Morgan fingerprint density at radius 2 is 0.851 bits per heavy atom. The number of hydrogen-bond donors (Lipinski definition) is 4. The Balaban J connectivity index is 0.000000450. The first-order valence-electron chi connectivity index (χ1n) is 20.2. The van der Waals surface area contributed by atoms with Gasteiger partial charge in [-0.2, -0.15) is 0 Å². The molecule has 20 heteroatoms. The number of hydrogen-bond acceptors (Lipinski definition) is 11.